The smallest absolute Gasteiger partial charge is 0.246 e. The first-order chi connectivity index (χ1) is 9.95. The van der Waals surface area contributed by atoms with Crippen LogP contribution in [0.5, 0.6) is 0 Å². The largest absolute Gasteiger partial charge is 0.307 e. The molecule has 0 bridgehead atoms. The summed E-state index contributed by atoms with van der Waals surface area (Å²) >= 11 is 3.24. The van der Waals surface area contributed by atoms with Gasteiger partial charge in [0.05, 0.1) is 0 Å². The maximum Gasteiger partial charge on any atom is 0.246 e. The standard InChI is InChI=1S/C12H20BrN5O2S/c1-17(6-7-18-4-2-3-5-18)21(19,20)11-8-10(13)9-15-12(11)16-14/h8-9H,2-7,14H2,1H3,(H,15,16). The number of pyridine rings is 1. The number of nitrogens with one attached hydrogen (secondary N) is 1. The fourth-order valence-corrected chi connectivity index (χ4v) is 4.07. The molecule has 1 aromatic rings. The van der Waals surface area contributed by atoms with Gasteiger partial charge in [0.15, 0.2) is 5.82 Å². The number of anilines is 1. The van der Waals surface area contributed by atoms with Crippen molar-refractivity contribution < 1.29 is 8.42 Å². The topological polar surface area (TPSA) is 91.6 Å². The van der Waals surface area contributed by atoms with Gasteiger partial charge in [-0.3, -0.25) is 0 Å². The zero-order valence-corrected chi connectivity index (χ0v) is 14.3. The highest BCUT2D eigenvalue weighted by Crippen LogP contribution is 2.24. The van der Waals surface area contributed by atoms with Crippen molar-refractivity contribution in [1.29, 1.82) is 0 Å². The van der Waals surface area contributed by atoms with Gasteiger partial charge in [-0.15, -0.1) is 0 Å². The molecule has 0 atom stereocenters. The monoisotopic (exact) mass is 377 g/mol. The van der Waals surface area contributed by atoms with E-state index in [0.29, 0.717) is 11.0 Å². The van der Waals surface area contributed by atoms with E-state index in [0.717, 1.165) is 19.6 Å². The van der Waals surface area contributed by atoms with Crippen LogP contribution in [-0.2, 0) is 10.0 Å². The Kier molecular flexibility index (Phi) is 5.55. The normalized spacial score (nSPS) is 16.6. The second-order valence-corrected chi connectivity index (χ2v) is 7.95. The minimum atomic E-state index is -3.62. The summed E-state index contributed by atoms with van der Waals surface area (Å²) in [5, 5.41) is 0. The zero-order chi connectivity index (χ0) is 15.5. The highest BCUT2D eigenvalue weighted by Gasteiger charge is 2.26. The Bertz CT molecular complexity index is 589. The number of halogens is 1. The van der Waals surface area contributed by atoms with Crippen LogP contribution in [0, 0.1) is 0 Å². The first-order valence-electron chi connectivity index (χ1n) is 6.76. The maximum absolute atomic E-state index is 12.6. The van der Waals surface area contributed by atoms with Gasteiger partial charge >= 0.3 is 0 Å². The molecule has 0 unspecified atom stereocenters. The number of sulfonamides is 1. The summed E-state index contributed by atoms with van der Waals surface area (Å²) in [5.41, 5.74) is 2.33. The van der Waals surface area contributed by atoms with Crippen LogP contribution >= 0.6 is 15.9 Å². The van der Waals surface area contributed by atoms with Crippen molar-refractivity contribution in [2.45, 2.75) is 17.7 Å². The minimum Gasteiger partial charge on any atom is -0.307 e. The molecule has 7 nitrogen and oxygen atoms in total. The number of hydrazine groups is 1. The van der Waals surface area contributed by atoms with Gasteiger partial charge in [0, 0.05) is 30.8 Å². The second kappa shape index (κ2) is 7.01. The molecule has 1 aromatic heterocycles. The Labute approximate surface area is 133 Å². The molecular weight excluding hydrogens is 358 g/mol. The van der Waals surface area contributed by atoms with Crippen LogP contribution in [0.2, 0.25) is 0 Å². The Morgan fingerprint density at radius 2 is 2.14 bits per heavy atom. The zero-order valence-electron chi connectivity index (χ0n) is 11.9. The number of aromatic nitrogens is 1. The first kappa shape index (κ1) is 16.6. The summed E-state index contributed by atoms with van der Waals surface area (Å²) in [7, 11) is -2.05. The van der Waals surface area contributed by atoms with Gasteiger partial charge in [0.2, 0.25) is 10.0 Å². The SMILES string of the molecule is CN(CCN1CCCC1)S(=O)(=O)c1cc(Br)cnc1NN. The van der Waals surface area contributed by atoms with E-state index in [1.165, 1.54) is 29.4 Å². The number of hydrogen-bond acceptors (Lipinski definition) is 6. The van der Waals surface area contributed by atoms with Crippen molar-refractivity contribution in [2.75, 3.05) is 38.7 Å². The Morgan fingerprint density at radius 3 is 2.76 bits per heavy atom. The van der Waals surface area contributed by atoms with Crippen LogP contribution in [0.4, 0.5) is 5.82 Å². The average Bonchev–Trinajstić information content (AvgIpc) is 2.97. The van der Waals surface area contributed by atoms with E-state index >= 15 is 0 Å². The third kappa shape index (κ3) is 3.92. The van der Waals surface area contributed by atoms with Crippen molar-refractivity contribution in [3.8, 4) is 0 Å². The van der Waals surface area contributed by atoms with Crippen LogP contribution in [0.3, 0.4) is 0 Å². The van der Waals surface area contributed by atoms with Gasteiger partial charge < -0.3 is 10.3 Å². The second-order valence-electron chi connectivity index (χ2n) is 5.02. The van der Waals surface area contributed by atoms with E-state index < -0.39 is 10.0 Å². The maximum atomic E-state index is 12.6. The van der Waals surface area contributed by atoms with E-state index in [-0.39, 0.29) is 10.7 Å². The van der Waals surface area contributed by atoms with E-state index in [1.807, 2.05) is 0 Å². The van der Waals surface area contributed by atoms with Crippen molar-refractivity contribution in [1.82, 2.24) is 14.2 Å². The average molecular weight is 378 g/mol. The minimum absolute atomic E-state index is 0.0725. The summed E-state index contributed by atoms with van der Waals surface area (Å²) in [6, 6.07) is 1.50. The van der Waals surface area contributed by atoms with Gasteiger partial charge in [0.1, 0.15) is 4.90 Å². The quantitative estimate of drug-likeness (QED) is 0.563. The fourth-order valence-electron chi connectivity index (χ4n) is 2.30. The number of likely N-dealkylation sites (N-methyl/N-ethyl adjacent to an activating group) is 1. The highest BCUT2D eigenvalue weighted by molar-refractivity contribution is 9.10. The van der Waals surface area contributed by atoms with Crippen molar-refractivity contribution in [2.24, 2.45) is 5.84 Å². The Morgan fingerprint density at radius 1 is 1.48 bits per heavy atom. The number of likely N-dealkylation sites (tertiary alicyclic amines) is 1. The van der Waals surface area contributed by atoms with Crippen molar-refractivity contribution >= 4 is 31.8 Å². The molecule has 0 aromatic carbocycles. The molecule has 0 amide bonds. The third-order valence-electron chi connectivity index (χ3n) is 3.57. The van der Waals surface area contributed by atoms with Crippen LogP contribution in [0.15, 0.2) is 21.6 Å². The molecule has 1 fully saturated rings. The molecular formula is C12H20BrN5O2S. The molecule has 0 spiro atoms. The van der Waals surface area contributed by atoms with E-state index in [4.69, 9.17) is 5.84 Å². The van der Waals surface area contributed by atoms with Crippen LogP contribution in [0.25, 0.3) is 0 Å². The van der Waals surface area contributed by atoms with Gasteiger partial charge in [-0.25, -0.2) is 19.2 Å². The predicted molar refractivity (Wildman–Crippen MR) is 85.2 cm³/mol. The molecule has 118 valence electrons. The molecule has 3 N–H and O–H groups in total. The molecule has 1 saturated heterocycles. The lowest BCUT2D eigenvalue weighted by Crippen LogP contribution is -2.35. The van der Waals surface area contributed by atoms with Gasteiger partial charge in [0.25, 0.3) is 0 Å². The molecule has 2 rings (SSSR count). The predicted octanol–water partition coefficient (Wildman–Crippen LogP) is 0.846. The molecule has 2 heterocycles. The van der Waals surface area contributed by atoms with Crippen molar-refractivity contribution in [3.05, 3.63) is 16.7 Å². The number of nitrogen functional groups attached to an aromatic ring is 1. The summed E-state index contributed by atoms with van der Waals surface area (Å²) < 4.78 is 27.2. The molecule has 0 radical (unpaired) electrons. The molecule has 21 heavy (non-hydrogen) atoms. The number of rotatable bonds is 6. The summed E-state index contributed by atoms with van der Waals surface area (Å²) in [6.45, 7) is 3.27. The van der Waals surface area contributed by atoms with Crippen LogP contribution < -0.4 is 11.3 Å². The van der Waals surface area contributed by atoms with E-state index in [2.05, 4.69) is 31.2 Å². The Balaban J connectivity index is 2.14. The van der Waals surface area contributed by atoms with Crippen LogP contribution in [0.1, 0.15) is 12.8 Å². The molecule has 0 saturated carbocycles. The van der Waals surface area contributed by atoms with Crippen LogP contribution in [-0.4, -0.2) is 55.8 Å². The van der Waals surface area contributed by atoms with Gasteiger partial charge in [-0.1, -0.05) is 0 Å². The lowest BCUT2D eigenvalue weighted by molar-refractivity contribution is 0.310. The highest BCUT2D eigenvalue weighted by atomic mass is 79.9. The van der Waals surface area contributed by atoms with Gasteiger partial charge in [-0.2, -0.15) is 4.31 Å². The van der Waals surface area contributed by atoms with E-state index in [9.17, 15) is 8.42 Å². The number of nitrogens with zero attached hydrogens (tertiary/aromatic N) is 3. The summed E-state index contributed by atoms with van der Waals surface area (Å²) in [6.07, 6.45) is 3.87. The lowest BCUT2D eigenvalue weighted by atomic mass is 10.4. The van der Waals surface area contributed by atoms with E-state index in [1.54, 1.807) is 7.05 Å². The number of nitrogens with two attached hydrogens (primary N) is 1. The lowest BCUT2D eigenvalue weighted by Gasteiger charge is -2.22. The third-order valence-corrected chi connectivity index (χ3v) is 5.88. The molecule has 0 aliphatic carbocycles. The van der Waals surface area contributed by atoms with Crippen molar-refractivity contribution in [3.63, 3.8) is 0 Å². The molecule has 1 aliphatic rings. The molecule has 9 heteroatoms. The number of hydrogen-bond donors (Lipinski definition) is 2. The summed E-state index contributed by atoms with van der Waals surface area (Å²) in [4.78, 5) is 6.33. The van der Waals surface area contributed by atoms with Gasteiger partial charge in [-0.05, 0) is 47.9 Å². The first-order valence-corrected chi connectivity index (χ1v) is 8.99. The summed E-state index contributed by atoms with van der Waals surface area (Å²) in [5.74, 6) is 5.50. The Hall–Kier alpha value is -0.740. The fraction of sp³-hybridized carbons (Fsp3) is 0.583. The molecule has 1 aliphatic heterocycles.